The highest BCUT2D eigenvalue weighted by Crippen LogP contribution is 2.24. The normalized spacial score (nSPS) is 20.2. The first-order valence-corrected chi connectivity index (χ1v) is 7.20. The SMILES string of the molecule is CN1CCC[C@H](Cc2nccnc2-c2nccn2C)C1. The standard InChI is InChI=1S/C15H21N5/c1-19-8-3-4-12(11-19)10-13-14(17-6-5-16-13)15-18-7-9-20(15)2/h5-7,9,12H,3-4,8,10-11H2,1-2H3/t12-/m1/s1. The van der Waals surface area contributed by atoms with Crippen molar-refractivity contribution >= 4 is 0 Å². The Morgan fingerprint density at radius 2 is 2.00 bits per heavy atom. The minimum Gasteiger partial charge on any atom is -0.333 e. The average molecular weight is 271 g/mol. The summed E-state index contributed by atoms with van der Waals surface area (Å²) in [6.45, 7) is 2.36. The number of imidazole rings is 1. The highest BCUT2D eigenvalue weighted by molar-refractivity contribution is 5.52. The minimum atomic E-state index is 0.671. The van der Waals surface area contributed by atoms with Crippen molar-refractivity contribution < 1.29 is 0 Å². The molecule has 1 aliphatic heterocycles. The molecule has 20 heavy (non-hydrogen) atoms. The van der Waals surface area contributed by atoms with Crippen molar-refractivity contribution in [1.29, 1.82) is 0 Å². The van der Waals surface area contributed by atoms with Crippen molar-refractivity contribution in [2.24, 2.45) is 13.0 Å². The van der Waals surface area contributed by atoms with Crippen LogP contribution >= 0.6 is 0 Å². The predicted molar refractivity (Wildman–Crippen MR) is 78.2 cm³/mol. The number of rotatable bonds is 3. The molecule has 1 aliphatic rings. The van der Waals surface area contributed by atoms with Gasteiger partial charge in [-0.1, -0.05) is 0 Å². The number of aryl methyl sites for hydroxylation is 1. The lowest BCUT2D eigenvalue weighted by molar-refractivity contribution is 0.208. The van der Waals surface area contributed by atoms with Crippen LogP contribution < -0.4 is 0 Å². The summed E-state index contributed by atoms with van der Waals surface area (Å²) >= 11 is 0. The molecule has 0 aromatic carbocycles. The quantitative estimate of drug-likeness (QED) is 0.853. The molecule has 1 fully saturated rings. The van der Waals surface area contributed by atoms with Crippen LogP contribution in [0.25, 0.3) is 11.5 Å². The number of nitrogens with zero attached hydrogens (tertiary/aromatic N) is 5. The molecule has 2 aromatic rings. The van der Waals surface area contributed by atoms with Crippen molar-refractivity contribution in [3.63, 3.8) is 0 Å². The van der Waals surface area contributed by atoms with E-state index in [9.17, 15) is 0 Å². The zero-order chi connectivity index (χ0) is 13.9. The van der Waals surface area contributed by atoms with E-state index in [1.807, 2.05) is 24.0 Å². The van der Waals surface area contributed by atoms with Gasteiger partial charge in [-0.3, -0.25) is 4.98 Å². The number of hydrogen-bond donors (Lipinski definition) is 0. The molecular weight excluding hydrogens is 250 g/mol. The maximum atomic E-state index is 4.56. The zero-order valence-electron chi connectivity index (χ0n) is 12.2. The van der Waals surface area contributed by atoms with Gasteiger partial charge in [-0.05, 0) is 38.8 Å². The third-order valence-electron chi connectivity index (χ3n) is 4.01. The van der Waals surface area contributed by atoms with E-state index in [0.717, 1.165) is 30.2 Å². The monoisotopic (exact) mass is 271 g/mol. The summed E-state index contributed by atoms with van der Waals surface area (Å²) in [4.78, 5) is 15.9. The predicted octanol–water partition coefficient (Wildman–Crippen LogP) is 1.76. The molecule has 0 amide bonds. The van der Waals surface area contributed by atoms with Gasteiger partial charge in [-0.15, -0.1) is 0 Å². The van der Waals surface area contributed by atoms with Crippen LogP contribution in [0.3, 0.4) is 0 Å². The molecular formula is C15H21N5. The molecule has 3 rings (SSSR count). The maximum absolute atomic E-state index is 4.56. The van der Waals surface area contributed by atoms with Crippen LogP contribution in [-0.2, 0) is 13.5 Å². The molecule has 0 saturated carbocycles. The molecule has 0 aliphatic carbocycles. The molecule has 106 valence electrons. The van der Waals surface area contributed by atoms with Gasteiger partial charge in [0.05, 0.1) is 5.69 Å². The summed E-state index contributed by atoms with van der Waals surface area (Å²) in [5.74, 6) is 1.57. The van der Waals surface area contributed by atoms with E-state index in [1.165, 1.54) is 19.4 Å². The molecule has 1 saturated heterocycles. The fourth-order valence-corrected chi connectivity index (χ4v) is 3.01. The van der Waals surface area contributed by atoms with Crippen molar-refractivity contribution in [2.75, 3.05) is 20.1 Å². The first-order valence-electron chi connectivity index (χ1n) is 7.20. The zero-order valence-corrected chi connectivity index (χ0v) is 12.2. The fraction of sp³-hybridized carbons (Fsp3) is 0.533. The van der Waals surface area contributed by atoms with Gasteiger partial charge in [-0.2, -0.15) is 0 Å². The smallest absolute Gasteiger partial charge is 0.160 e. The van der Waals surface area contributed by atoms with E-state index in [0.29, 0.717) is 5.92 Å². The van der Waals surface area contributed by atoms with Crippen LogP contribution in [0.1, 0.15) is 18.5 Å². The Bertz CT molecular complexity index is 577. The van der Waals surface area contributed by atoms with Gasteiger partial charge in [0.25, 0.3) is 0 Å². The van der Waals surface area contributed by atoms with E-state index >= 15 is 0 Å². The first kappa shape index (κ1) is 13.2. The van der Waals surface area contributed by atoms with Crippen LogP contribution in [0.2, 0.25) is 0 Å². The van der Waals surface area contributed by atoms with Crippen LogP contribution in [0.15, 0.2) is 24.8 Å². The van der Waals surface area contributed by atoms with E-state index in [-0.39, 0.29) is 0 Å². The Hall–Kier alpha value is -1.75. The van der Waals surface area contributed by atoms with Crippen LogP contribution in [0.5, 0.6) is 0 Å². The average Bonchev–Trinajstić information content (AvgIpc) is 2.86. The van der Waals surface area contributed by atoms with E-state index in [1.54, 1.807) is 12.4 Å². The van der Waals surface area contributed by atoms with Gasteiger partial charge in [0, 0.05) is 38.4 Å². The highest BCUT2D eigenvalue weighted by atomic mass is 15.1. The van der Waals surface area contributed by atoms with Crippen LogP contribution in [-0.4, -0.2) is 44.6 Å². The maximum Gasteiger partial charge on any atom is 0.160 e. The molecule has 5 heteroatoms. The summed E-state index contributed by atoms with van der Waals surface area (Å²) in [5, 5.41) is 0. The Balaban J connectivity index is 1.85. The lowest BCUT2D eigenvalue weighted by Gasteiger charge is -2.29. The topological polar surface area (TPSA) is 46.8 Å². The lowest BCUT2D eigenvalue weighted by atomic mass is 9.93. The molecule has 3 heterocycles. The van der Waals surface area contributed by atoms with E-state index in [2.05, 4.69) is 26.9 Å². The van der Waals surface area contributed by atoms with Crippen LogP contribution in [0, 0.1) is 5.92 Å². The Morgan fingerprint density at radius 1 is 1.15 bits per heavy atom. The van der Waals surface area contributed by atoms with Crippen molar-refractivity contribution in [3.8, 4) is 11.5 Å². The summed E-state index contributed by atoms with van der Waals surface area (Å²) in [6, 6.07) is 0. The number of piperidine rings is 1. The van der Waals surface area contributed by atoms with E-state index in [4.69, 9.17) is 0 Å². The second-order valence-electron chi connectivity index (χ2n) is 5.69. The molecule has 5 nitrogen and oxygen atoms in total. The fourth-order valence-electron chi connectivity index (χ4n) is 3.01. The Kier molecular flexibility index (Phi) is 3.78. The van der Waals surface area contributed by atoms with Crippen molar-refractivity contribution in [1.82, 2.24) is 24.4 Å². The summed E-state index contributed by atoms with van der Waals surface area (Å²) in [5.41, 5.74) is 2.00. The first-order chi connectivity index (χ1) is 9.74. The molecule has 2 aromatic heterocycles. The third kappa shape index (κ3) is 2.72. The third-order valence-corrected chi connectivity index (χ3v) is 4.01. The van der Waals surface area contributed by atoms with Crippen molar-refractivity contribution in [2.45, 2.75) is 19.3 Å². The lowest BCUT2D eigenvalue weighted by Crippen LogP contribution is -2.33. The number of hydrogen-bond acceptors (Lipinski definition) is 4. The summed E-state index contributed by atoms with van der Waals surface area (Å²) in [6.07, 6.45) is 10.8. The van der Waals surface area contributed by atoms with Gasteiger partial charge >= 0.3 is 0 Å². The summed E-state index contributed by atoms with van der Waals surface area (Å²) < 4.78 is 2.00. The van der Waals surface area contributed by atoms with Gasteiger partial charge in [0.15, 0.2) is 5.82 Å². The largest absolute Gasteiger partial charge is 0.333 e. The number of likely N-dealkylation sites (tertiary alicyclic amines) is 1. The minimum absolute atomic E-state index is 0.671. The van der Waals surface area contributed by atoms with Gasteiger partial charge < -0.3 is 9.47 Å². The van der Waals surface area contributed by atoms with Crippen LogP contribution in [0.4, 0.5) is 0 Å². The number of aromatic nitrogens is 4. The second-order valence-corrected chi connectivity index (χ2v) is 5.69. The Morgan fingerprint density at radius 3 is 2.75 bits per heavy atom. The molecule has 0 unspecified atom stereocenters. The molecule has 0 spiro atoms. The molecule has 0 bridgehead atoms. The molecule has 1 atom stereocenters. The van der Waals surface area contributed by atoms with E-state index < -0.39 is 0 Å². The highest BCUT2D eigenvalue weighted by Gasteiger charge is 2.21. The summed E-state index contributed by atoms with van der Waals surface area (Å²) in [7, 11) is 4.19. The molecule has 0 N–H and O–H groups in total. The second kappa shape index (κ2) is 5.71. The van der Waals surface area contributed by atoms with Gasteiger partial charge in [0.1, 0.15) is 5.69 Å². The van der Waals surface area contributed by atoms with Crippen molar-refractivity contribution in [3.05, 3.63) is 30.5 Å². The van der Waals surface area contributed by atoms with Gasteiger partial charge in [-0.25, -0.2) is 9.97 Å². The Labute approximate surface area is 119 Å². The molecule has 0 radical (unpaired) electrons. The van der Waals surface area contributed by atoms with Gasteiger partial charge in [0.2, 0.25) is 0 Å².